The second-order valence-electron chi connectivity index (χ2n) is 3.98. The van der Waals surface area contributed by atoms with Gasteiger partial charge in [-0.2, -0.15) is 13.2 Å². The van der Waals surface area contributed by atoms with Crippen LogP contribution in [-0.4, -0.2) is 6.18 Å². The zero-order valence-corrected chi connectivity index (χ0v) is 11.3. The lowest BCUT2D eigenvalue weighted by molar-refractivity contribution is -0.0836. The van der Waals surface area contributed by atoms with Gasteiger partial charge in [0, 0.05) is 12.0 Å². The lowest BCUT2D eigenvalue weighted by atomic mass is 10.1. The van der Waals surface area contributed by atoms with Crippen LogP contribution in [0.3, 0.4) is 0 Å². The van der Waals surface area contributed by atoms with E-state index in [9.17, 15) is 13.2 Å². The Kier molecular flexibility index (Phi) is 5.98. The van der Waals surface area contributed by atoms with E-state index >= 15 is 0 Å². The highest BCUT2D eigenvalue weighted by molar-refractivity contribution is 6.32. The van der Waals surface area contributed by atoms with E-state index in [1.165, 1.54) is 0 Å². The van der Waals surface area contributed by atoms with Gasteiger partial charge in [0.1, 0.15) is 5.03 Å². The van der Waals surface area contributed by atoms with E-state index < -0.39 is 11.2 Å². The Morgan fingerprint density at radius 3 is 2.63 bits per heavy atom. The van der Waals surface area contributed by atoms with Crippen molar-refractivity contribution in [1.82, 2.24) is 0 Å². The molecule has 0 unspecified atom stereocenters. The topological polar surface area (TPSA) is 0 Å². The van der Waals surface area contributed by atoms with E-state index in [4.69, 9.17) is 11.6 Å². The van der Waals surface area contributed by atoms with Crippen LogP contribution in [0.5, 0.6) is 0 Å². The number of halogens is 4. The molecule has 0 heterocycles. The minimum absolute atomic E-state index is 0.383. The van der Waals surface area contributed by atoms with Gasteiger partial charge >= 0.3 is 6.18 Å². The van der Waals surface area contributed by atoms with Crippen LogP contribution in [0.4, 0.5) is 13.2 Å². The summed E-state index contributed by atoms with van der Waals surface area (Å²) in [6.07, 6.45) is -0.859. The molecule has 0 saturated carbocycles. The molecule has 0 atom stereocenters. The number of alkyl halides is 3. The summed E-state index contributed by atoms with van der Waals surface area (Å²) in [7, 11) is 0. The Morgan fingerprint density at radius 1 is 1.32 bits per heavy atom. The Morgan fingerprint density at radius 2 is 2.00 bits per heavy atom. The quantitative estimate of drug-likeness (QED) is 0.517. The van der Waals surface area contributed by atoms with Crippen molar-refractivity contribution in [2.24, 2.45) is 0 Å². The van der Waals surface area contributed by atoms with Gasteiger partial charge in [-0.05, 0) is 24.1 Å². The minimum Gasteiger partial charge on any atom is -0.165 e. The van der Waals surface area contributed by atoms with Crippen LogP contribution >= 0.6 is 11.6 Å². The summed E-state index contributed by atoms with van der Waals surface area (Å²) in [6, 6.07) is 6.65. The van der Waals surface area contributed by atoms with Crippen molar-refractivity contribution in [3.05, 3.63) is 40.4 Å². The van der Waals surface area contributed by atoms with Crippen LogP contribution in [0.25, 0.3) is 6.08 Å². The van der Waals surface area contributed by atoms with Gasteiger partial charge in [0.15, 0.2) is 0 Å². The summed E-state index contributed by atoms with van der Waals surface area (Å²) in [5.41, 5.74) is 0.940. The lowest BCUT2D eigenvalue weighted by Crippen LogP contribution is -2.06. The van der Waals surface area contributed by atoms with Crippen LogP contribution in [-0.2, 0) is 0 Å². The molecule has 0 nitrogen and oxygen atoms in total. The molecular formula is C15H14ClF3. The number of unbranched alkanes of at least 4 members (excludes halogenated alkanes) is 2. The van der Waals surface area contributed by atoms with Crippen LogP contribution in [0.2, 0.25) is 0 Å². The van der Waals surface area contributed by atoms with Crippen molar-refractivity contribution in [1.29, 1.82) is 0 Å². The predicted octanol–water partition coefficient (Wildman–Crippen LogP) is 5.37. The molecule has 0 spiro atoms. The van der Waals surface area contributed by atoms with Crippen LogP contribution in [0, 0.1) is 11.8 Å². The predicted molar refractivity (Wildman–Crippen MR) is 72.7 cm³/mol. The lowest BCUT2D eigenvalue weighted by Gasteiger charge is -2.05. The van der Waals surface area contributed by atoms with Crippen molar-refractivity contribution in [2.45, 2.75) is 32.4 Å². The molecule has 102 valence electrons. The van der Waals surface area contributed by atoms with Gasteiger partial charge in [0.25, 0.3) is 0 Å². The van der Waals surface area contributed by atoms with Crippen molar-refractivity contribution in [3.63, 3.8) is 0 Å². The largest absolute Gasteiger partial charge is 0.426 e. The van der Waals surface area contributed by atoms with Gasteiger partial charge < -0.3 is 0 Å². The molecule has 19 heavy (non-hydrogen) atoms. The molecule has 0 N–H and O–H groups in total. The summed E-state index contributed by atoms with van der Waals surface area (Å²) in [4.78, 5) is 0. The van der Waals surface area contributed by atoms with Gasteiger partial charge in [-0.25, -0.2) is 0 Å². The molecule has 0 aliphatic rings. The summed E-state index contributed by atoms with van der Waals surface area (Å²) < 4.78 is 37.1. The Hall–Kier alpha value is -1.40. The average molecular weight is 287 g/mol. The number of hydrogen-bond acceptors (Lipinski definition) is 0. The first-order valence-corrected chi connectivity index (χ1v) is 6.35. The minimum atomic E-state index is -4.52. The SMILES string of the molecule is CCCCC#Cc1ccccc1C=C(Cl)C(F)(F)F. The van der Waals surface area contributed by atoms with E-state index in [1.807, 2.05) is 0 Å². The summed E-state index contributed by atoms with van der Waals surface area (Å²) >= 11 is 5.24. The number of rotatable bonds is 3. The number of allylic oxidation sites excluding steroid dienone is 1. The normalized spacial score (nSPS) is 11.9. The first-order chi connectivity index (χ1) is 8.95. The van der Waals surface area contributed by atoms with Crippen molar-refractivity contribution in [2.75, 3.05) is 0 Å². The molecule has 0 bridgehead atoms. The van der Waals surface area contributed by atoms with Crippen molar-refractivity contribution < 1.29 is 13.2 Å². The molecule has 0 aliphatic carbocycles. The third kappa shape index (κ3) is 5.40. The average Bonchev–Trinajstić information content (AvgIpc) is 2.35. The Bertz CT molecular complexity index is 504. The highest BCUT2D eigenvalue weighted by Crippen LogP contribution is 2.30. The van der Waals surface area contributed by atoms with E-state index in [-0.39, 0.29) is 0 Å². The second-order valence-corrected chi connectivity index (χ2v) is 4.39. The van der Waals surface area contributed by atoms with Gasteiger partial charge in [-0.3, -0.25) is 0 Å². The van der Waals surface area contributed by atoms with Crippen LogP contribution in [0.1, 0.15) is 37.3 Å². The molecule has 0 aromatic heterocycles. The number of benzene rings is 1. The maximum Gasteiger partial charge on any atom is 0.426 e. The molecule has 0 saturated heterocycles. The van der Waals surface area contributed by atoms with Crippen LogP contribution < -0.4 is 0 Å². The third-order valence-electron chi connectivity index (χ3n) is 2.39. The fourth-order valence-electron chi connectivity index (χ4n) is 1.38. The Balaban J connectivity index is 2.99. The van der Waals surface area contributed by atoms with E-state index in [2.05, 4.69) is 18.8 Å². The monoisotopic (exact) mass is 286 g/mol. The van der Waals surface area contributed by atoms with E-state index in [0.717, 1.165) is 25.3 Å². The fraction of sp³-hybridized carbons (Fsp3) is 0.333. The highest BCUT2D eigenvalue weighted by atomic mass is 35.5. The molecule has 0 amide bonds. The van der Waals surface area contributed by atoms with Gasteiger partial charge in [0.05, 0.1) is 0 Å². The maximum absolute atomic E-state index is 12.4. The third-order valence-corrected chi connectivity index (χ3v) is 2.72. The molecule has 1 rings (SSSR count). The van der Waals surface area contributed by atoms with E-state index in [1.54, 1.807) is 24.3 Å². The van der Waals surface area contributed by atoms with Crippen LogP contribution in [0.15, 0.2) is 29.3 Å². The molecule has 4 heteroatoms. The maximum atomic E-state index is 12.4. The standard InChI is InChI=1S/C15H14ClF3/c1-2-3-4-5-8-12-9-6-7-10-13(12)11-14(16)15(17,18)19/h6-7,9-11H,2-4H2,1H3. The zero-order valence-electron chi connectivity index (χ0n) is 10.5. The first-order valence-electron chi connectivity index (χ1n) is 5.97. The second kappa shape index (κ2) is 7.25. The van der Waals surface area contributed by atoms with Gasteiger partial charge in [0.2, 0.25) is 0 Å². The molecule has 0 fully saturated rings. The molecular weight excluding hydrogens is 273 g/mol. The summed E-state index contributed by atoms with van der Waals surface area (Å²) in [5, 5.41) is -1.14. The first kappa shape index (κ1) is 15.7. The molecule has 1 aromatic rings. The van der Waals surface area contributed by atoms with Crippen molar-refractivity contribution >= 4 is 17.7 Å². The zero-order chi connectivity index (χ0) is 14.3. The molecule has 1 aromatic carbocycles. The van der Waals surface area contributed by atoms with Crippen molar-refractivity contribution in [3.8, 4) is 11.8 Å². The molecule has 0 aliphatic heterocycles. The number of hydrogen-bond donors (Lipinski definition) is 0. The van der Waals surface area contributed by atoms with Gasteiger partial charge in [-0.15, -0.1) is 0 Å². The fourth-order valence-corrected chi connectivity index (χ4v) is 1.50. The highest BCUT2D eigenvalue weighted by Gasteiger charge is 2.32. The summed E-state index contributed by atoms with van der Waals surface area (Å²) in [6.45, 7) is 2.06. The Labute approximate surface area is 116 Å². The van der Waals surface area contributed by atoms with Gasteiger partial charge in [-0.1, -0.05) is 55.0 Å². The smallest absolute Gasteiger partial charge is 0.165 e. The summed E-state index contributed by atoms with van der Waals surface area (Å²) in [5.74, 6) is 5.84. The van der Waals surface area contributed by atoms with E-state index in [0.29, 0.717) is 11.1 Å². The molecule has 0 radical (unpaired) electrons.